The fourth-order valence-electron chi connectivity index (χ4n) is 8.43. The van der Waals surface area contributed by atoms with Crippen molar-refractivity contribution < 1.29 is 39.2 Å². The SMILES string of the molecule is CC(=O)O[C@H]1CC[C@]2(C=O)[C@H]3[C@H](O)C(=O)[C@]4(C)[C@@H](C5=COCC=C5)CC[C@]4(O)[C@@H]3CC[C@]2(O)C1. The van der Waals surface area contributed by atoms with Crippen LogP contribution in [0.5, 0.6) is 0 Å². The van der Waals surface area contributed by atoms with Gasteiger partial charge in [0.25, 0.3) is 0 Å². The molecule has 0 bridgehead atoms. The van der Waals surface area contributed by atoms with E-state index in [1.165, 1.54) is 6.92 Å². The molecule has 5 aliphatic rings. The third-order valence-corrected chi connectivity index (χ3v) is 10.0. The van der Waals surface area contributed by atoms with Crippen molar-refractivity contribution in [3.8, 4) is 0 Å². The molecular formula is C26H34O8. The molecule has 0 saturated heterocycles. The van der Waals surface area contributed by atoms with Gasteiger partial charge < -0.3 is 29.6 Å². The summed E-state index contributed by atoms with van der Waals surface area (Å²) in [6.45, 7) is 3.50. The Balaban J connectivity index is 1.55. The number of fused-ring (bicyclic) bond motifs is 5. The lowest BCUT2D eigenvalue weighted by atomic mass is 9.40. The lowest BCUT2D eigenvalue weighted by molar-refractivity contribution is -0.260. The number of Topliss-reactive ketones (excluding diaryl/α,β-unsaturated/α-hetero) is 1. The molecule has 0 spiro atoms. The maximum atomic E-state index is 13.9. The Morgan fingerprint density at radius 1 is 1.21 bits per heavy atom. The van der Waals surface area contributed by atoms with Crippen molar-refractivity contribution in [3.63, 3.8) is 0 Å². The second kappa shape index (κ2) is 7.73. The summed E-state index contributed by atoms with van der Waals surface area (Å²) in [5, 5.41) is 35.5. The Hall–Kier alpha value is -2.03. The van der Waals surface area contributed by atoms with Gasteiger partial charge in [-0.3, -0.25) is 9.59 Å². The van der Waals surface area contributed by atoms with Crippen molar-refractivity contribution in [3.05, 3.63) is 24.0 Å². The third kappa shape index (κ3) is 2.85. The van der Waals surface area contributed by atoms with E-state index in [0.717, 1.165) is 5.57 Å². The Labute approximate surface area is 199 Å². The number of aldehydes is 1. The van der Waals surface area contributed by atoms with Gasteiger partial charge >= 0.3 is 5.97 Å². The van der Waals surface area contributed by atoms with Crippen molar-refractivity contribution in [1.29, 1.82) is 0 Å². The number of ether oxygens (including phenoxy) is 2. The molecule has 0 aromatic heterocycles. The van der Waals surface area contributed by atoms with Gasteiger partial charge in [0.05, 0.1) is 28.3 Å². The Morgan fingerprint density at radius 2 is 1.97 bits per heavy atom. The molecule has 0 aromatic rings. The monoisotopic (exact) mass is 474 g/mol. The summed E-state index contributed by atoms with van der Waals surface area (Å²) in [6, 6.07) is 0. The Morgan fingerprint density at radius 3 is 2.62 bits per heavy atom. The van der Waals surface area contributed by atoms with E-state index in [0.29, 0.717) is 38.6 Å². The molecule has 9 atom stereocenters. The fourth-order valence-corrected chi connectivity index (χ4v) is 8.43. The number of allylic oxidation sites excluding steroid dienone is 2. The molecule has 34 heavy (non-hydrogen) atoms. The number of aliphatic hydroxyl groups is 3. The van der Waals surface area contributed by atoms with E-state index in [-0.39, 0.29) is 25.2 Å². The number of aliphatic hydroxyl groups excluding tert-OH is 1. The van der Waals surface area contributed by atoms with Crippen LogP contribution in [0.2, 0.25) is 0 Å². The number of hydrogen-bond donors (Lipinski definition) is 3. The minimum Gasteiger partial charge on any atom is -0.497 e. The first-order chi connectivity index (χ1) is 16.0. The highest BCUT2D eigenvalue weighted by Crippen LogP contribution is 2.69. The van der Waals surface area contributed by atoms with Crippen LogP contribution >= 0.6 is 0 Å². The van der Waals surface area contributed by atoms with Crippen molar-refractivity contribution in [1.82, 2.24) is 0 Å². The van der Waals surface area contributed by atoms with Crippen molar-refractivity contribution in [2.75, 3.05) is 6.61 Å². The topological polar surface area (TPSA) is 130 Å². The first-order valence-corrected chi connectivity index (χ1v) is 12.3. The van der Waals surface area contributed by atoms with Crippen LogP contribution in [0.15, 0.2) is 24.0 Å². The Kier molecular flexibility index (Phi) is 5.39. The van der Waals surface area contributed by atoms with Crippen LogP contribution in [0.3, 0.4) is 0 Å². The number of hydrogen-bond acceptors (Lipinski definition) is 8. The molecule has 3 N–H and O–H groups in total. The van der Waals surface area contributed by atoms with Crippen LogP contribution in [0.4, 0.5) is 0 Å². The van der Waals surface area contributed by atoms with E-state index in [4.69, 9.17) is 9.47 Å². The second-order valence-electron chi connectivity index (χ2n) is 11.2. The highest BCUT2D eigenvalue weighted by molar-refractivity contribution is 5.93. The van der Waals surface area contributed by atoms with E-state index in [9.17, 15) is 29.7 Å². The van der Waals surface area contributed by atoms with Crippen LogP contribution < -0.4 is 0 Å². The predicted molar refractivity (Wildman–Crippen MR) is 119 cm³/mol. The summed E-state index contributed by atoms with van der Waals surface area (Å²) in [5.41, 5.74) is -4.76. The molecule has 0 aromatic carbocycles. The van der Waals surface area contributed by atoms with Gasteiger partial charge in [-0.25, -0.2) is 0 Å². The zero-order valence-electron chi connectivity index (χ0n) is 19.7. The van der Waals surface area contributed by atoms with Crippen LogP contribution in [-0.2, 0) is 23.9 Å². The first-order valence-electron chi connectivity index (χ1n) is 12.3. The molecule has 1 heterocycles. The smallest absolute Gasteiger partial charge is 0.302 e. The van der Waals surface area contributed by atoms with E-state index < -0.39 is 57.8 Å². The van der Waals surface area contributed by atoms with Crippen LogP contribution in [0.25, 0.3) is 0 Å². The van der Waals surface area contributed by atoms with Gasteiger partial charge in [-0.05, 0) is 63.0 Å². The number of ketones is 1. The minimum atomic E-state index is -1.53. The normalized spacial score (nSPS) is 49.7. The first kappa shape index (κ1) is 23.7. The molecule has 4 aliphatic carbocycles. The van der Waals surface area contributed by atoms with Gasteiger partial charge in [-0.15, -0.1) is 0 Å². The summed E-state index contributed by atoms with van der Waals surface area (Å²) < 4.78 is 10.8. The molecule has 8 nitrogen and oxygen atoms in total. The highest BCUT2D eigenvalue weighted by Gasteiger charge is 2.76. The van der Waals surface area contributed by atoms with Crippen molar-refractivity contribution in [2.24, 2.45) is 28.6 Å². The van der Waals surface area contributed by atoms with E-state index in [1.807, 2.05) is 12.2 Å². The minimum absolute atomic E-state index is 0.0722. The standard InChI is InChI=1S/C26H34O8/c1-15(28)34-17-5-8-24(14-27)20-19(6-9-25(24,31)12-17)26(32)10-7-18(16-4-3-11-33-13-16)23(26,2)22(30)21(20)29/h3-4,13-14,17-21,29,31-32H,5-12H2,1-2H3/t17-,18+,19+,20+,21-,23-,24-,25-,26-/m0/s1. The van der Waals surface area contributed by atoms with Crippen LogP contribution in [0.1, 0.15) is 58.8 Å². The predicted octanol–water partition coefficient (Wildman–Crippen LogP) is 1.61. The van der Waals surface area contributed by atoms with Gasteiger partial charge in [-0.1, -0.05) is 6.08 Å². The largest absolute Gasteiger partial charge is 0.497 e. The number of esters is 1. The summed E-state index contributed by atoms with van der Waals surface area (Å²) in [5.74, 6) is -2.68. The lowest BCUT2D eigenvalue weighted by Crippen LogP contribution is -2.74. The van der Waals surface area contributed by atoms with Crippen molar-refractivity contribution in [2.45, 2.75) is 82.2 Å². The summed E-state index contributed by atoms with van der Waals surface area (Å²) in [7, 11) is 0. The van der Waals surface area contributed by atoms with Gasteiger partial charge in [0, 0.05) is 25.2 Å². The third-order valence-electron chi connectivity index (χ3n) is 10.0. The lowest BCUT2D eigenvalue weighted by Gasteiger charge is -2.65. The van der Waals surface area contributed by atoms with Gasteiger partial charge in [-0.2, -0.15) is 0 Å². The average Bonchev–Trinajstić information content (AvgIpc) is 3.09. The highest BCUT2D eigenvalue weighted by atomic mass is 16.5. The second-order valence-corrected chi connectivity index (χ2v) is 11.2. The summed E-state index contributed by atoms with van der Waals surface area (Å²) in [6.07, 6.45) is 6.19. The number of carbonyl (C=O) groups excluding carboxylic acids is 3. The number of rotatable bonds is 3. The molecule has 8 heteroatoms. The molecule has 1 aliphatic heterocycles. The fraction of sp³-hybridized carbons (Fsp3) is 0.731. The quantitative estimate of drug-likeness (QED) is 0.415. The molecule has 0 unspecified atom stereocenters. The van der Waals surface area contributed by atoms with Crippen molar-refractivity contribution >= 4 is 18.0 Å². The van der Waals surface area contributed by atoms with E-state index in [1.54, 1.807) is 13.2 Å². The molecule has 0 radical (unpaired) electrons. The van der Waals surface area contributed by atoms with Gasteiger partial charge in [0.1, 0.15) is 25.1 Å². The van der Waals surface area contributed by atoms with Gasteiger partial charge in [0.15, 0.2) is 5.78 Å². The molecular weight excluding hydrogens is 440 g/mol. The number of carbonyl (C=O) groups is 3. The molecule has 4 fully saturated rings. The Bertz CT molecular complexity index is 972. The maximum Gasteiger partial charge on any atom is 0.302 e. The molecule has 186 valence electrons. The zero-order chi connectivity index (χ0) is 24.5. The summed E-state index contributed by atoms with van der Waals surface area (Å²) in [4.78, 5) is 38.2. The molecule has 0 amide bonds. The summed E-state index contributed by atoms with van der Waals surface area (Å²) >= 11 is 0. The molecule has 4 saturated carbocycles. The van der Waals surface area contributed by atoms with Crippen LogP contribution in [0, 0.1) is 28.6 Å². The van der Waals surface area contributed by atoms with E-state index >= 15 is 0 Å². The van der Waals surface area contributed by atoms with E-state index in [2.05, 4.69) is 0 Å². The van der Waals surface area contributed by atoms with Crippen LogP contribution in [-0.4, -0.2) is 63.4 Å². The average molecular weight is 475 g/mol. The van der Waals surface area contributed by atoms with Gasteiger partial charge in [0.2, 0.25) is 0 Å². The molecule has 5 rings (SSSR count). The maximum absolute atomic E-state index is 13.9. The zero-order valence-corrected chi connectivity index (χ0v) is 19.7.